The van der Waals surface area contributed by atoms with Crippen molar-refractivity contribution in [1.82, 2.24) is 4.98 Å². The molecule has 0 radical (unpaired) electrons. The van der Waals surface area contributed by atoms with Crippen LogP contribution in [0.4, 0.5) is 5.82 Å². The zero-order valence-electron chi connectivity index (χ0n) is 6.48. The van der Waals surface area contributed by atoms with Crippen LogP contribution in [0.5, 0.6) is 0 Å². The van der Waals surface area contributed by atoms with Crippen LogP contribution < -0.4 is 11.3 Å². The predicted molar refractivity (Wildman–Crippen MR) is 45.2 cm³/mol. The largest absolute Gasteiger partial charge is 0.308 e. The molecule has 12 heavy (non-hydrogen) atoms. The molecule has 5 nitrogen and oxygen atoms in total. The third-order valence-corrected chi connectivity index (χ3v) is 2.42. The molecule has 0 unspecified atom stereocenters. The molecule has 0 bridgehead atoms. The smallest absolute Gasteiger partial charge is 0.175 e. The highest BCUT2D eigenvalue weighted by Crippen LogP contribution is 2.10. The number of hydrazine groups is 1. The summed E-state index contributed by atoms with van der Waals surface area (Å²) in [6, 6.07) is 2.78. The van der Waals surface area contributed by atoms with E-state index in [1.165, 1.54) is 18.3 Å². The number of nitrogen functional groups attached to an aromatic ring is 1. The number of nitrogens with zero attached hydrogens (tertiary/aromatic N) is 1. The summed E-state index contributed by atoms with van der Waals surface area (Å²) in [5, 5.41) is 0. The van der Waals surface area contributed by atoms with Crippen LogP contribution in [0.1, 0.15) is 0 Å². The van der Waals surface area contributed by atoms with Crippen LogP contribution in [0.25, 0.3) is 0 Å². The van der Waals surface area contributed by atoms with Gasteiger partial charge in [0.05, 0.1) is 4.90 Å². The highest BCUT2D eigenvalue weighted by Gasteiger charge is 2.06. The summed E-state index contributed by atoms with van der Waals surface area (Å²) in [5.41, 5.74) is 2.26. The average molecular weight is 187 g/mol. The molecule has 0 aromatic carbocycles. The second-order valence-electron chi connectivity index (χ2n) is 2.29. The Labute approximate surface area is 70.5 Å². The van der Waals surface area contributed by atoms with Gasteiger partial charge in [0, 0.05) is 18.5 Å². The van der Waals surface area contributed by atoms with Crippen molar-refractivity contribution in [2.24, 2.45) is 5.84 Å². The van der Waals surface area contributed by atoms with E-state index in [1.807, 2.05) is 0 Å². The van der Waals surface area contributed by atoms with E-state index < -0.39 is 9.84 Å². The molecular weight excluding hydrogens is 178 g/mol. The summed E-state index contributed by atoms with van der Waals surface area (Å²) >= 11 is 0. The lowest BCUT2D eigenvalue weighted by Crippen LogP contribution is -2.09. The molecule has 0 amide bonds. The molecular formula is C6H9N3O2S. The lowest BCUT2D eigenvalue weighted by molar-refractivity contribution is 0.602. The van der Waals surface area contributed by atoms with E-state index in [9.17, 15) is 8.42 Å². The summed E-state index contributed by atoms with van der Waals surface area (Å²) in [4.78, 5) is 3.97. The Hall–Kier alpha value is -1.14. The van der Waals surface area contributed by atoms with Gasteiger partial charge in [-0.25, -0.2) is 19.2 Å². The van der Waals surface area contributed by atoms with Crippen LogP contribution >= 0.6 is 0 Å². The highest BCUT2D eigenvalue weighted by atomic mass is 32.2. The van der Waals surface area contributed by atoms with Gasteiger partial charge in [-0.1, -0.05) is 0 Å². The zero-order chi connectivity index (χ0) is 9.19. The summed E-state index contributed by atoms with van der Waals surface area (Å²) < 4.78 is 22.0. The minimum absolute atomic E-state index is 0.199. The maximum absolute atomic E-state index is 11.0. The quantitative estimate of drug-likeness (QED) is 0.493. The number of nitrogens with two attached hydrogens (primary N) is 1. The fraction of sp³-hybridized carbons (Fsp3) is 0.167. The lowest BCUT2D eigenvalue weighted by atomic mass is 10.5. The zero-order valence-corrected chi connectivity index (χ0v) is 7.30. The van der Waals surface area contributed by atoms with E-state index in [4.69, 9.17) is 5.84 Å². The van der Waals surface area contributed by atoms with Crippen molar-refractivity contribution in [2.75, 3.05) is 11.7 Å². The monoisotopic (exact) mass is 187 g/mol. The van der Waals surface area contributed by atoms with E-state index >= 15 is 0 Å². The van der Waals surface area contributed by atoms with Crippen molar-refractivity contribution in [2.45, 2.75) is 4.90 Å². The van der Waals surface area contributed by atoms with E-state index in [2.05, 4.69) is 10.4 Å². The molecule has 0 fully saturated rings. The van der Waals surface area contributed by atoms with Gasteiger partial charge in [0.15, 0.2) is 9.84 Å². The average Bonchev–Trinajstić information content (AvgIpc) is 2.03. The van der Waals surface area contributed by atoms with Crippen molar-refractivity contribution >= 4 is 15.7 Å². The van der Waals surface area contributed by atoms with Gasteiger partial charge in [-0.3, -0.25) is 0 Å². The first-order valence-electron chi connectivity index (χ1n) is 3.17. The molecule has 3 N–H and O–H groups in total. The second-order valence-corrected chi connectivity index (χ2v) is 4.31. The normalized spacial score (nSPS) is 11.2. The van der Waals surface area contributed by atoms with Crippen LogP contribution in [0.2, 0.25) is 0 Å². The lowest BCUT2D eigenvalue weighted by Gasteiger charge is -2.00. The number of hydrogen-bond donors (Lipinski definition) is 2. The molecule has 1 aromatic rings. The van der Waals surface area contributed by atoms with E-state index in [0.29, 0.717) is 5.82 Å². The fourth-order valence-electron chi connectivity index (χ4n) is 0.721. The molecule has 0 saturated heterocycles. The van der Waals surface area contributed by atoms with Gasteiger partial charge >= 0.3 is 0 Å². The Morgan fingerprint density at radius 2 is 2.25 bits per heavy atom. The number of pyridine rings is 1. The molecule has 0 atom stereocenters. The maximum atomic E-state index is 11.0. The first-order chi connectivity index (χ1) is 5.54. The van der Waals surface area contributed by atoms with Crippen LogP contribution in [-0.4, -0.2) is 19.7 Å². The number of rotatable bonds is 2. The van der Waals surface area contributed by atoms with E-state index in [0.717, 1.165) is 6.26 Å². The Balaban J connectivity index is 3.20. The molecule has 0 saturated carbocycles. The van der Waals surface area contributed by atoms with Crippen molar-refractivity contribution < 1.29 is 8.42 Å². The van der Waals surface area contributed by atoms with Gasteiger partial charge in [-0.2, -0.15) is 0 Å². The molecule has 0 aliphatic rings. The first kappa shape index (κ1) is 8.95. The molecule has 66 valence electrons. The van der Waals surface area contributed by atoms with Crippen LogP contribution in [0.15, 0.2) is 23.2 Å². The SMILES string of the molecule is CS(=O)(=O)c1ccnc(NN)c1. The van der Waals surface area contributed by atoms with Crippen molar-refractivity contribution in [3.8, 4) is 0 Å². The summed E-state index contributed by atoms with van der Waals surface area (Å²) in [6.45, 7) is 0. The third kappa shape index (κ3) is 1.93. The third-order valence-electron chi connectivity index (χ3n) is 1.31. The standard InChI is InChI=1S/C6H9N3O2S/c1-12(10,11)5-2-3-8-6(4-5)9-7/h2-4H,7H2,1H3,(H,8,9). The first-order valence-corrected chi connectivity index (χ1v) is 5.06. The van der Waals surface area contributed by atoms with Gasteiger partial charge in [0.1, 0.15) is 5.82 Å². The minimum atomic E-state index is -3.17. The van der Waals surface area contributed by atoms with Gasteiger partial charge in [0.2, 0.25) is 0 Å². The molecule has 1 aromatic heterocycles. The van der Waals surface area contributed by atoms with Crippen molar-refractivity contribution in [1.29, 1.82) is 0 Å². The van der Waals surface area contributed by atoms with Crippen molar-refractivity contribution in [3.63, 3.8) is 0 Å². The number of aromatic nitrogens is 1. The van der Waals surface area contributed by atoms with Gasteiger partial charge in [0.25, 0.3) is 0 Å². The Morgan fingerprint density at radius 1 is 1.58 bits per heavy atom. The molecule has 0 spiro atoms. The second kappa shape index (κ2) is 3.08. The summed E-state index contributed by atoms with van der Waals surface area (Å²) in [5.74, 6) is 5.39. The predicted octanol–water partition coefficient (Wildman–Crippen LogP) is -0.229. The summed E-state index contributed by atoms with van der Waals surface area (Å²) in [6.07, 6.45) is 2.51. The van der Waals surface area contributed by atoms with Crippen LogP contribution in [-0.2, 0) is 9.84 Å². The van der Waals surface area contributed by atoms with Gasteiger partial charge in [-0.15, -0.1) is 0 Å². The molecule has 6 heteroatoms. The fourth-order valence-corrected chi connectivity index (χ4v) is 1.35. The summed E-state index contributed by atoms with van der Waals surface area (Å²) in [7, 11) is -3.17. The van der Waals surface area contributed by atoms with Crippen molar-refractivity contribution in [3.05, 3.63) is 18.3 Å². The minimum Gasteiger partial charge on any atom is -0.308 e. The van der Waals surface area contributed by atoms with E-state index in [-0.39, 0.29) is 4.90 Å². The van der Waals surface area contributed by atoms with E-state index in [1.54, 1.807) is 0 Å². The number of sulfone groups is 1. The van der Waals surface area contributed by atoms with Crippen LogP contribution in [0.3, 0.4) is 0 Å². The highest BCUT2D eigenvalue weighted by molar-refractivity contribution is 7.90. The number of hydrogen-bond acceptors (Lipinski definition) is 5. The number of nitrogens with one attached hydrogen (secondary N) is 1. The molecule has 0 aliphatic carbocycles. The van der Waals surface area contributed by atoms with Crippen LogP contribution in [0, 0.1) is 0 Å². The number of anilines is 1. The Bertz CT molecular complexity index is 374. The molecule has 1 heterocycles. The Morgan fingerprint density at radius 3 is 2.75 bits per heavy atom. The molecule has 0 aliphatic heterocycles. The van der Waals surface area contributed by atoms with Gasteiger partial charge in [-0.05, 0) is 6.07 Å². The Kier molecular flexibility index (Phi) is 2.30. The molecule has 1 rings (SSSR count). The van der Waals surface area contributed by atoms with Gasteiger partial charge < -0.3 is 5.43 Å². The topological polar surface area (TPSA) is 85.1 Å². The maximum Gasteiger partial charge on any atom is 0.175 e.